The second-order valence-electron chi connectivity index (χ2n) is 9.20. The largest absolute Gasteiger partial charge is 0.417 e. The maximum atomic E-state index is 15.2. The third-order valence-corrected chi connectivity index (χ3v) is 7.48. The van der Waals surface area contributed by atoms with Crippen LogP contribution in [0.1, 0.15) is 24.0 Å². The second kappa shape index (κ2) is 11.1. The van der Waals surface area contributed by atoms with Crippen LogP contribution in [-0.2, 0) is 11.0 Å². The molecule has 1 aromatic carbocycles. The highest BCUT2D eigenvalue weighted by atomic mass is 32.1. The molecule has 2 N–H and O–H groups in total. The Morgan fingerprint density at radius 1 is 1.28 bits per heavy atom. The van der Waals surface area contributed by atoms with Crippen LogP contribution in [0.25, 0.3) is 17.0 Å². The van der Waals surface area contributed by atoms with Gasteiger partial charge in [-0.05, 0) is 31.1 Å². The molecule has 1 saturated heterocycles. The zero-order valence-corrected chi connectivity index (χ0v) is 21.6. The van der Waals surface area contributed by atoms with Gasteiger partial charge in [0.25, 0.3) is 0 Å². The summed E-state index contributed by atoms with van der Waals surface area (Å²) in [6.45, 7) is 4.40. The molecule has 1 unspecified atom stereocenters. The van der Waals surface area contributed by atoms with E-state index in [4.69, 9.17) is 5.73 Å². The minimum Gasteiger partial charge on any atom is -0.375 e. The number of nitrogens with two attached hydrogens (primary N) is 1. The van der Waals surface area contributed by atoms with E-state index in [0.717, 1.165) is 43.5 Å². The highest BCUT2D eigenvalue weighted by Crippen LogP contribution is 2.55. The van der Waals surface area contributed by atoms with Crippen molar-refractivity contribution in [2.24, 2.45) is 5.41 Å². The van der Waals surface area contributed by atoms with Gasteiger partial charge >= 0.3 is 6.18 Å². The third-order valence-electron chi connectivity index (χ3n) is 6.88. The number of hydrogen-bond acceptors (Lipinski definition) is 7. The zero-order valence-electron chi connectivity index (χ0n) is 20.8. The Balaban J connectivity index is 0.000000519. The molecule has 206 valence electrons. The van der Waals surface area contributed by atoms with Gasteiger partial charge in [0.1, 0.15) is 17.7 Å². The fourth-order valence-electron chi connectivity index (χ4n) is 4.85. The van der Waals surface area contributed by atoms with Gasteiger partial charge in [0, 0.05) is 48.1 Å². The molecule has 5 rings (SSSR count). The standard InChI is InChI=1S/C23H21F5N4O.C3H4N2S/c1-3-18(33)32-11-17(22(12-32)7-8-22)31(2)21-15-10-16(23(26,27)28)14(6-4-5-9-24)19(25)20(15)29-13-30-21;4-3-5-1-2-6-3/h3-6,9-10,13,17H,1,7-8,11-12H2,2H3;1-2H,(H2,4,5)/b6-4+,9-5+;. The molecule has 3 aromatic rings. The van der Waals surface area contributed by atoms with Crippen molar-refractivity contribution >= 4 is 45.2 Å². The number of aromatic nitrogens is 3. The van der Waals surface area contributed by atoms with Gasteiger partial charge in [0.15, 0.2) is 10.9 Å². The van der Waals surface area contributed by atoms with E-state index in [1.165, 1.54) is 17.4 Å². The van der Waals surface area contributed by atoms with Crippen LogP contribution >= 0.6 is 11.3 Å². The van der Waals surface area contributed by atoms with Crippen molar-refractivity contribution in [3.63, 3.8) is 0 Å². The lowest BCUT2D eigenvalue weighted by Gasteiger charge is -2.30. The molecule has 39 heavy (non-hydrogen) atoms. The minimum absolute atomic E-state index is 0.0905. The fraction of sp³-hybridized carbons (Fsp3) is 0.308. The Bertz CT molecular complexity index is 1420. The molecule has 1 amide bonds. The Kier molecular flexibility index (Phi) is 8.00. The number of halogens is 5. The first-order valence-electron chi connectivity index (χ1n) is 11.8. The third kappa shape index (κ3) is 5.77. The predicted molar refractivity (Wildman–Crippen MR) is 141 cm³/mol. The molecule has 7 nitrogen and oxygen atoms in total. The first-order valence-corrected chi connectivity index (χ1v) is 12.7. The smallest absolute Gasteiger partial charge is 0.375 e. The van der Waals surface area contributed by atoms with Crippen molar-refractivity contribution in [3.05, 3.63) is 72.1 Å². The summed E-state index contributed by atoms with van der Waals surface area (Å²) in [4.78, 5) is 27.3. The SMILES string of the molecule is C=CC(=O)N1CC(N(C)c2ncnc3c(F)c(/C=C/C=C/F)c(C(F)(F)F)cc23)C2(CC2)C1.Nc1nccs1. The molecule has 0 bridgehead atoms. The van der Waals surface area contributed by atoms with E-state index in [1.54, 1.807) is 23.0 Å². The maximum Gasteiger partial charge on any atom is 0.417 e. The number of carbonyl (C=O) groups is 1. The summed E-state index contributed by atoms with van der Waals surface area (Å²) in [7, 11) is 1.68. The summed E-state index contributed by atoms with van der Waals surface area (Å²) in [6, 6.07) is 0.621. The lowest BCUT2D eigenvalue weighted by Crippen LogP contribution is -2.40. The molecule has 1 saturated carbocycles. The Hall–Kier alpha value is -3.87. The van der Waals surface area contributed by atoms with Crippen LogP contribution < -0.4 is 10.6 Å². The van der Waals surface area contributed by atoms with Gasteiger partial charge in [-0.3, -0.25) is 4.79 Å². The van der Waals surface area contributed by atoms with Crippen molar-refractivity contribution in [1.82, 2.24) is 19.9 Å². The summed E-state index contributed by atoms with van der Waals surface area (Å²) in [5, 5.41) is 2.39. The number of thiazole rings is 1. The lowest BCUT2D eigenvalue weighted by atomic mass is 9.98. The second-order valence-corrected chi connectivity index (χ2v) is 10.1. The molecule has 2 aromatic heterocycles. The van der Waals surface area contributed by atoms with Gasteiger partial charge in [0.2, 0.25) is 5.91 Å². The highest BCUT2D eigenvalue weighted by Gasteiger charge is 2.57. The summed E-state index contributed by atoms with van der Waals surface area (Å²) in [6.07, 6.45) is 3.70. The number of allylic oxidation sites excluding steroid dienone is 2. The molecule has 1 atom stereocenters. The van der Waals surface area contributed by atoms with Crippen LogP contribution in [-0.4, -0.2) is 51.9 Å². The molecule has 1 aliphatic heterocycles. The molecule has 0 radical (unpaired) electrons. The Morgan fingerprint density at radius 3 is 2.56 bits per heavy atom. The molecule has 1 spiro atoms. The van der Waals surface area contributed by atoms with E-state index in [9.17, 15) is 22.4 Å². The van der Waals surface area contributed by atoms with E-state index in [1.807, 2.05) is 5.38 Å². The number of benzene rings is 1. The van der Waals surface area contributed by atoms with E-state index in [-0.39, 0.29) is 40.4 Å². The van der Waals surface area contributed by atoms with Gasteiger partial charge in [-0.2, -0.15) is 13.2 Å². The normalized spacial score (nSPS) is 18.1. The number of fused-ring (bicyclic) bond motifs is 1. The Labute approximate surface area is 225 Å². The molecule has 1 aliphatic carbocycles. The number of nitrogen functional groups attached to an aromatic ring is 1. The average molecular weight is 565 g/mol. The first-order chi connectivity index (χ1) is 18.5. The van der Waals surface area contributed by atoms with Crippen molar-refractivity contribution in [2.75, 3.05) is 30.8 Å². The van der Waals surface area contributed by atoms with Gasteiger partial charge in [0.05, 0.1) is 17.9 Å². The lowest BCUT2D eigenvalue weighted by molar-refractivity contribution is -0.137. The number of rotatable bonds is 5. The summed E-state index contributed by atoms with van der Waals surface area (Å²) in [5.74, 6) is -1.24. The fourth-order valence-corrected chi connectivity index (χ4v) is 5.23. The number of hydrogen-bond donors (Lipinski definition) is 1. The van der Waals surface area contributed by atoms with Crippen LogP contribution in [0, 0.1) is 11.2 Å². The Morgan fingerprint density at radius 2 is 2.03 bits per heavy atom. The van der Waals surface area contributed by atoms with Crippen molar-refractivity contribution in [2.45, 2.75) is 25.1 Å². The highest BCUT2D eigenvalue weighted by molar-refractivity contribution is 7.13. The number of likely N-dealkylation sites (N-methyl/N-ethyl adjacent to an activating group) is 1. The number of carbonyl (C=O) groups excluding carboxylic acids is 1. The number of nitrogens with zero attached hydrogens (tertiary/aromatic N) is 5. The molecule has 13 heteroatoms. The van der Waals surface area contributed by atoms with E-state index in [2.05, 4.69) is 21.5 Å². The van der Waals surface area contributed by atoms with Crippen LogP contribution in [0.3, 0.4) is 0 Å². The van der Waals surface area contributed by atoms with Crippen molar-refractivity contribution in [1.29, 1.82) is 0 Å². The monoisotopic (exact) mass is 564 g/mol. The van der Waals surface area contributed by atoms with Crippen LogP contribution in [0.15, 0.2) is 55.1 Å². The summed E-state index contributed by atoms with van der Waals surface area (Å²) in [5.41, 5.74) is 2.78. The number of amides is 1. The molecule has 3 heterocycles. The van der Waals surface area contributed by atoms with E-state index in [0.29, 0.717) is 18.2 Å². The first kappa shape index (κ1) is 28.1. The molecule has 2 fully saturated rings. The van der Waals surface area contributed by atoms with Gasteiger partial charge in [-0.25, -0.2) is 23.7 Å². The summed E-state index contributed by atoms with van der Waals surface area (Å²) >= 11 is 1.44. The molecular formula is C26H25F5N6OS. The molecule has 2 aliphatic rings. The predicted octanol–water partition coefficient (Wildman–Crippen LogP) is 5.62. The van der Waals surface area contributed by atoms with Crippen LogP contribution in [0.5, 0.6) is 0 Å². The minimum atomic E-state index is -4.86. The van der Waals surface area contributed by atoms with E-state index < -0.39 is 23.1 Å². The van der Waals surface area contributed by atoms with Gasteiger partial charge in [-0.15, -0.1) is 11.3 Å². The molecular weight excluding hydrogens is 539 g/mol. The van der Waals surface area contributed by atoms with E-state index >= 15 is 4.39 Å². The average Bonchev–Trinajstić information content (AvgIpc) is 3.33. The number of alkyl halides is 3. The number of likely N-dealkylation sites (tertiary alicyclic amines) is 1. The van der Waals surface area contributed by atoms with Gasteiger partial charge < -0.3 is 15.5 Å². The topological polar surface area (TPSA) is 88.2 Å². The quantitative estimate of drug-likeness (QED) is 0.246. The van der Waals surface area contributed by atoms with Crippen LogP contribution in [0.4, 0.5) is 32.9 Å². The van der Waals surface area contributed by atoms with Crippen molar-refractivity contribution in [3.8, 4) is 0 Å². The van der Waals surface area contributed by atoms with Crippen LogP contribution in [0.2, 0.25) is 0 Å². The van der Waals surface area contributed by atoms with Crippen molar-refractivity contribution < 1.29 is 26.7 Å². The maximum absolute atomic E-state index is 15.2. The van der Waals surface area contributed by atoms with Gasteiger partial charge in [-0.1, -0.05) is 18.7 Å². The zero-order chi connectivity index (χ0) is 28.4. The number of anilines is 2. The summed E-state index contributed by atoms with van der Waals surface area (Å²) < 4.78 is 68.9.